The molecule has 4 rings (SSSR count). The molecule has 0 unspecified atom stereocenters. The highest BCUT2D eigenvalue weighted by Gasteiger charge is 2.19. The molecule has 2 heterocycles. The maximum absolute atomic E-state index is 13.1. The number of amides is 1. The monoisotopic (exact) mass is 419 g/mol. The number of thiazole rings is 1. The number of carbonyl (C=O) groups excluding carboxylic acids is 1. The number of carbonyl (C=O) groups is 1. The normalized spacial score (nSPS) is 11.2. The van der Waals surface area contributed by atoms with Crippen LogP contribution in [0, 0.1) is 6.92 Å². The fourth-order valence-electron chi connectivity index (χ4n) is 2.94. The van der Waals surface area contributed by atoms with Crippen molar-refractivity contribution in [3.05, 3.63) is 94.8 Å². The number of hydrogen-bond acceptors (Lipinski definition) is 4. The van der Waals surface area contributed by atoms with Gasteiger partial charge in [-0.15, -0.1) is 0 Å². The molecule has 0 aliphatic heterocycles. The van der Waals surface area contributed by atoms with Crippen molar-refractivity contribution in [2.75, 3.05) is 4.90 Å². The molecule has 4 nitrogen and oxygen atoms in total. The summed E-state index contributed by atoms with van der Waals surface area (Å²) < 4.78 is 1.05. The van der Waals surface area contributed by atoms with Gasteiger partial charge < -0.3 is 0 Å². The molecule has 1 amide bonds. The maximum atomic E-state index is 13.1. The molecular weight excluding hydrogens is 402 g/mol. The van der Waals surface area contributed by atoms with Crippen LogP contribution in [0.3, 0.4) is 0 Å². The summed E-state index contributed by atoms with van der Waals surface area (Å²) in [5.41, 5.74) is 3.59. The van der Waals surface area contributed by atoms with Crippen molar-refractivity contribution in [3.63, 3.8) is 0 Å². The molecular formula is C23H18ClN3OS. The molecule has 0 spiro atoms. The number of nitrogens with zero attached hydrogens (tertiary/aromatic N) is 3. The smallest absolute Gasteiger partial charge is 0.253 e. The van der Waals surface area contributed by atoms with Crippen molar-refractivity contribution in [1.29, 1.82) is 0 Å². The van der Waals surface area contributed by atoms with Crippen molar-refractivity contribution >= 4 is 50.3 Å². The number of para-hydroxylation sites is 1. The Bertz CT molecular complexity index is 1190. The van der Waals surface area contributed by atoms with Gasteiger partial charge in [0.2, 0.25) is 0 Å². The van der Waals surface area contributed by atoms with Crippen molar-refractivity contribution in [1.82, 2.24) is 9.97 Å². The third-order valence-electron chi connectivity index (χ3n) is 4.46. The molecule has 0 aliphatic rings. The third-order valence-corrected chi connectivity index (χ3v) is 5.85. The van der Waals surface area contributed by atoms with E-state index in [1.165, 1.54) is 17.4 Å². The van der Waals surface area contributed by atoms with E-state index in [-0.39, 0.29) is 5.91 Å². The maximum Gasteiger partial charge on any atom is 0.253 e. The van der Waals surface area contributed by atoms with Gasteiger partial charge in [-0.1, -0.05) is 59.3 Å². The van der Waals surface area contributed by atoms with Crippen LogP contribution in [0.25, 0.3) is 16.3 Å². The molecule has 0 saturated heterocycles. The van der Waals surface area contributed by atoms with Crippen LogP contribution in [0.1, 0.15) is 16.8 Å². The number of rotatable bonds is 5. The third kappa shape index (κ3) is 4.36. The van der Waals surface area contributed by atoms with Crippen molar-refractivity contribution in [3.8, 4) is 0 Å². The molecule has 29 heavy (non-hydrogen) atoms. The number of aryl methyl sites for hydroxylation is 1. The fourth-order valence-corrected chi connectivity index (χ4v) is 4.19. The average molecular weight is 420 g/mol. The van der Waals surface area contributed by atoms with E-state index >= 15 is 0 Å². The van der Waals surface area contributed by atoms with Crippen LogP contribution < -0.4 is 4.90 Å². The summed E-state index contributed by atoms with van der Waals surface area (Å²) in [6.45, 7) is 2.36. The van der Waals surface area contributed by atoms with E-state index in [4.69, 9.17) is 16.6 Å². The van der Waals surface area contributed by atoms with E-state index in [0.29, 0.717) is 16.7 Å². The number of benzene rings is 2. The lowest BCUT2D eigenvalue weighted by molar-refractivity contribution is -0.114. The van der Waals surface area contributed by atoms with Crippen LogP contribution >= 0.6 is 22.9 Å². The van der Waals surface area contributed by atoms with Crippen LogP contribution in [0.2, 0.25) is 5.02 Å². The number of halogens is 1. The molecule has 0 saturated carbocycles. The fraction of sp³-hybridized carbons (Fsp3) is 0.0870. The first-order valence-electron chi connectivity index (χ1n) is 9.12. The molecule has 0 aliphatic carbocycles. The Morgan fingerprint density at radius 1 is 1.10 bits per heavy atom. The van der Waals surface area contributed by atoms with E-state index in [2.05, 4.69) is 4.98 Å². The minimum Gasteiger partial charge on any atom is -0.278 e. The van der Waals surface area contributed by atoms with Crippen molar-refractivity contribution < 1.29 is 4.79 Å². The van der Waals surface area contributed by atoms with Gasteiger partial charge in [-0.3, -0.25) is 14.7 Å². The topological polar surface area (TPSA) is 46.1 Å². The minimum atomic E-state index is -0.174. The minimum absolute atomic E-state index is 0.174. The first-order valence-corrected chi connectivity index (χ1v) is 10.3. The van der Waals surface area contributed by atoms with E-state index in [0.717, 1.165) is 27.0 Å². The Hall–Kier alpha value is -3.02. The summed E-state index contributed by atoms with van der Waals surface area (Å²) in [6, 6.07) is 19.1. The molecule has 144 valence electrons. The molecule has 0 atom stereocenters. The zero-order valence-electron chi connectivity index (χ0n) is 15.7. The van der Waals surface area contributed by atoms with Crippen LogP contribution in [0.4, 0.5) is 5.13 Å². The summed E-state index contributed by atoms with van der Waals surface area (Å²) in [4.78, 5) is 23.9. The van der Waals surface area contributed by atoms with Gasteiger partial charge in [0, 0.05) is 17.3 Å². The lowest BCUT2D eigenvalue weighted by Gasteiger charge is -2.17. The highest BCUT2D eigenvalue weighted by Crippen LogP contribution is 2.31. The van der Waals surface area contributed by atoms with Gasteiger partial charge in [0.25, 0.3) is 5.91 Å². The van der Waals surface area contributed by atoms with Gasteiger partial charge in [-0.05, 0) is 48.4 Å². The quantitative estimate of drug-likeness (QED) is 0.378. The van der Waals surface area contributed by atoms with E-state index < -0.39 is 0 Å². The Balaban J connectivity index is 1.70. The number of hydrogen-bond donors (Lipinski definition) is 0. The number of pyridine rings is 1. The molecule has 0 bridgehead atoms. The van der Waals surface area contributed by atoms with Gasteiger partial charge in [0.05, 0.1) is 22.5 Å². The molecule has 0 radical (unpaired) electrons. The summed E-state index contributed by atoms with van der Waals surface area (Å²) in [6.07, 6.45) is 4.98. The Kier molecular flexibility index (Phi) is 5.69. The number of fused-ring (bicyclic) bond motifs is 1. The standard InChI is InChI=1S/C23H18ClN3OS/c1-16-7-6-11-20-22(16)26-23(29-20)27(15-18-9-4-5-14-25-18)21(28)13-12-17-8-2-3-10-19(17)24/h2-14H,15H2,1H3/b13-12+. The second-order valence-electron chi connectivity index (χ2n) is 6.52. The van der Waals surface area contributed by atoms with Gasteiger partial charge >= 0.3 is 0 Å². The summed E-state index contributed by atoms with van der Waals surface area (Å²) in [5, 5.41) is 1.25. The highest BCUT2D eigenvalue weighted by atomic mass is 35.5. The molecule has 4 aromatic rings. The largest absolute Gasteiger partial charge is 0.278 e. The predicted octanol–water partition coefficient (Wildman–Crippen LogP) is 5.90. The van der Waals surface area contributed by atoms with Gasteiger partial charge in [0.1, 0.15) is 0 Å². The highest BCUT2D eigenvalue weighted by molar-refractivity contribution is 7.22. The number of aromatic nitrogens is 2. The predicted molar refractivity (Wildman–Crippen MR) is 120 cm³/mol. The van der Waals surface area contributed by atoms with Gasteiger partial charge in [0.15, 0.2) is 5.13 Å². The molecule has 0 fully saturated rings. The second kappa shape index (κ2) is 8.55. The van der Waals surface area contributed by atoms with Crippen molar-refractivity contribution in [2.24, 2.45) is 0 Å². The Labute approximate surface area is 178 Å². The molecule has 0 N–H and O–H groups in total. The first-order chi connectivity index (χ1) is 14.1. The zero-order chi connectivity index (χ0) is 20.2. The van der Waals surface area contributed by atoms with E-state index in [9.17, 15) is 4.79 Å². The molecule has 6 heteroatoms. The van der Waals surface area contributed by atoms with Crippen molar-refractivity contribution in [2.45, 2.75) is 13.5 Å². The van der Waals surface area contributed by atoms with Gasteiger partial charge in [-0.2, -0.15) is 0 Å². The Morgan fingerprint density at radius 2 is 1.93 bits per heavy atom. The summed E-state index contributed by atoms with van der Waals surface area (Å²) >= 11 is 7.71. The van der Waals surface area contributed by atoms with Gasteiger partial charge in [-0.25, -0.2) is 4.98 Å². The summed E-state index contributed by atoms with van der Waals surface area (Å²) in [7, 11) is 0. The number of anilines is 1. The molecule has 2 aromatic heterocycles. The van der Waals surface area contributed by atoms with Crippen LogP contribution in [0.15, 0.2) is 72.9 Å². The van der Waals surface area contributed by atoms with Crippen LogP contribution in [-0.4, -0.2) is 15.9 Å². The van der Waals surface area contributed by atoms with E-state index in [1.54, 1.807) is 23.2 Å². The SMILES string of the molecule is Cc1cccc2sc(N(Cc3ccccn3)C(=O)/C=C/c3ccccc3Cl)nc12. The molecule has 2 aromatic carbocycles. The zero-order valence-corrected chi connectivity index (χ0v) is 17.3. The Morgan fingerprint density at radius 3 is 2.69 bits per heavy atom. The summed E-state index contributed by atoms with van der Waals surface area (Å²) in [5.74, 6) is -0.174. The second-order valence-corrected chi connectivity index (χ2v) is 7.93. The van der Waals surface area contributed by atoms with Crippen LogP contribution in [-0.2, 0) is 11.3 Å². The lowest BCUT2D eigenvalue weighted by atomic mass is 10.2. The first kappa shape index (κ1) is 19.3. The average Bonchev–Trinajstić information content (AvgIpc) is 3.17. The van der Waals surface area contributed by atoms with Crippen LogP contribution in [0.5, 0.6) is 0 Å². The van der Waals surface area contributed by atoms with E-state index in [1.807, 2.05) is 61.5 Å². The lowest BCUT2D eigenvalue weighted by Crippen LogP contribution is -2.29.